The number of rotatable bonds is 36. The number of allylic oxidation sites excluding steroid dienone is 2. The number of esters is 1. The van der Waals surface area contributed by atoms with Gasteiger partial charge in [-0.3, -0.25) is 9.59 Å². The van der Waals surface area contributed by atoms with E-state index in [0.717, 1.165) is 57.8 Å². The second kappa shape index (κ2) is 36.2. The van der Waals surface area contributed by atoms with Gasteiger partial charge in [0.05, 0.1) is 0 Å². The summed E-state index contributed by atoms with van der Waals surface area (Å²) in [6, 6.07) is 0. The molecule has 0 bridgehead atoms. The summed E-state index contributed by atoms with van der Waals surface area (Å²) in [7, 11) is 0. The highest BCUT2D eigenvalue weighted by Gasteiger charge is 2.14. The molecule has 0 saturated carbocycles. The van der Waals surface area contributed by atoms with Crippen LogP contribution in [-0.2, 0) is 14.3 Å². The molecule has 0 radical (unpaired) electrons. The number of ether oxygens (including phenoxy) is 1. The fraction of sp³-hybridized carbons (Fsp3) is 0.900. The van der Waals surface area contributed by atoms with Gasteiger partial charge in [-0.1, -0.05) is 161 Å². The molecule has 0 aromatic heterocycles. The third kappa shape index (κ3) is 35.2. The minimum absolute atomic E-state index is 0.0182. The van der Waals surface area contributed by atoms with Gasteiger partial charge in [0.15, 0.2) is 0 Å². The minimum Gasteiger partial charge on any atom is -0.481 e. The second-order valence-electron chi connectivity index (χ2n) is 13.5. The van der Waals surface area contributed by atoms with Gasteiger partial charge >= 0.3 is 11.9 Å². The van der Waals surface area contributed by atoms with Crippen LogP contribution in [0.1, 0.15) is 226 Å². The van der Waals surface area contributed by atoms with Crippen LogP contribution in [0.4, 0.5) is 0 Å². The van der Waals surface area contributed by atoms with E-state index < -0.39 is 5.97 Å². The molecule has 0 saturated heterocycles. The molecule has 0 spiro atoms. The molecule has 44 heavy (non-hydrogen) atoms. The summed E-state index contributed by atoms with van der Waals surface area (Å²) in [6.07, 6.45) is 44.1. The van der Waals surface area contributed by atoms with Gasteiger partial charge < -0.3 is 9.84 Å². The maximum absolute atomic E-state index is 12.5. The Morgan fingerprint density at radius 2 is 0.818 bits per heavy atom. The van der Waals surface area contributed by atoms with Crippen molar-refractivity contribution in [2.24, 2.45) is 0 Å². The van der Waals surface area contributed by atoms with Crippen molar-refractivity contribution in [3.8, 4) is 0 Å². The van der Waals surface area contributed by atoms with Gasteiger partial charge in [0.1, 0.15) is 6.10 Å². The van der Waals surface area contributed by atoms with Crippen molar-refractivity contribution in [1.29, 1.82) is 0 Å². The molecule has 0 heterocycles. The van der Waals surface area contributed by atoms with Crippen molar-refractivity contribution >= 4 is 11.9 Å². The Morgan fingerprint density at radius 1 is 0.477 bits per heavy atom. The molecule has 1 unspecified atom stereocenters. The summed E-state index contributed by atoms with van der Waals surface area (Å²) in [5.41, 5.74) is 0. The monoisotopic (exact) mass is 621 g/mol. The number of carbonyl (C=O) groups is 2. The van der Waals surface area contributed by atoms with E-state index >= 15 is 0 Å². The summed E-state index contributed by atoms with van der Waals surface area (Å²) in [4.78, 5) is 23.1. The van der Waals surface area contributed by atoms with Crippen LogP contribution >= 0.6 is 0 Å². The third-order valence-corrected chi connectivity index (χ3v) is 8.99. The van der Waals surface area contributed by atoms with Crippen molar-refractivity contribution in [3.05, 3.63) is 12.2 Å². The van der Waals surface area contributed by atoms with E-state index in [2.05, 4.69) is 26.0 Å². The highest BCUT2D eigenvalue weighted by Crippen LogP contribution is 2.18. The van der Waals surface area contributed by atoms with Crippen molar-refractivity contribution in [1.82, 2.24) is 0 Å². The molecule has 0 aliphatic rings. The third-order valence-electron chi connectivity index (χ3n) is 8.99. The zero-order chi connectivity index (χ0) is 32.2. The van der Waals surface area contributed by atoms with Crippen LogP contribution in [0.3, 0.4) is 0 Å². The highest BCUT2D eigenvalue weighted by atomic mass is 16.5. The van der Waals surface area contributed by atoms with Crippen LogP contribution in [0.15, 0.2) is 12.2 Å². The van der Waals surface area contributed by atoms with E-state index in [1.54, 1.807) is 0 Å². The Bertz CT molecular complexity index is 629. The number of hydrogen-bond donors (Lipinski definition) is 1. The number of unbranched alkanes of at least 4 members (excludes halogenated alkanes) is 25. The van der Waals surface area contributed by atoms with Crippen LogP contribution in [0.2, 0.25) is 0 Å². The Labute approximate surface area is 275 Å². The summed E-state index contributed by atoms with van der Waals surface area (Å²) in [5, 5.41) is 8.78. The molecule has 0 rings (SSSR count). The highest BCUT2D eigenvalue weighted by molar-refractivity contribution is 5.69. The molecule has 1 N–H and O–H groups in total. The molecule has 0 aromatic carbocycles. The van der Waals surface area contributed by atoms with E-state index in [-0.39, 0.29) is 18.5 Å². The van der Waals surface area contributed by atoms with Crippen LogP contribution < -0.4 is 0 Å². The predicted octanol–water partition coefficient (Wildman–Crippen LogP) is 13.5. The number of carbonyl (C=O) groups excluding carboxylic acids is 1. The Balaban J connectivity index is 3.60. The van der Waals surface area contributed by atoms with E-state index in [4.69, 9.17) is 9.84 Å². The van der Waals surface area contributed by atoms with Gasteiger partial charge in [-0.25, -0.2) is 0 Å². The normalized spacial score (nSPS) is 12.2. The Kier molecular flexibility index (Phi) is 35.1. The smallest absolute Gasteiger partial charge is 0.306 e. The Hall–Kier alpha value is -1.32. The van der Waals surface area contributed by atoms with Gasteiger partial charge in [-0.2, -0.15) is 0 Å². The summed E-state index contributed by atoms with van der Waals surface area (Å²) >= 11 is 0. The lowest BCUT2D eigenvalue weighted by molar-refractivity contribution is -0.150. The number of aliphatic carboxylic acids is 1. The van der Waals surface area contributed by atoms with Crippen molar-refractivity contribution < 1.29 is 19.4 Å². The van der Waals surface area contributed by atoms with E-state index in [1.807, 2.05) is 0 Å². The largest absolute Gasteiger partial charge is 0.481 e. The minimum atomic E-state index is -0.712. The summed E-state index contributed by atoms with van der Waals surface area (Å²) in [5.74, 6) is -0.730. The fourth-order valence-corrected chi connectivity index (χ4v) is 6.06. The SMILES string of the molecule is CCCCCCCCCC/C=C\CCCCCCCCCCCCCC(=O)OC(CCCCCC)CCCCCCC(=O)O. The molecule has 0 fully saturated rings. The standard InChI is InChI=1S/C40H76O4/c1-3-5-7-9-10-11-12-13-14-15-16-17-18-19-20-21-22-23-24-25-26-27-33-37-40(43)44-38(34-30-8-6-4-2)35-31-28-29-32-36-39(41)42/h15-16,38H,3-14,17-37H2,1-2H3,(H,41,42)/b16-15-. The lowest BCUT2D eigenvalue weighted by atomic mass is 10.0. The number of carboxylic acids is 1. The zero-order valence-electron chi connectivity index (χ0n) is 29.7. The molecule has 0 aromatic rings. The topological polar surface area (TPSA) is 63.6 Å². The molecule has 0 aliphatic heterocycles. The molecule has 1 atom stereocenters. The molecular weight excluding hydrogens is 544 g/mol. The van der Waals surface area contributed by atoms with Crippen molar-refractivity contribution in [3.63, 3.8) is 0 Å². The van der Waals surface area contributed by atoms with Crippen molar-refractivity contribution in [2.75, 3.05) is 0 Å². The maximum Gasteiger partial charge on any atom is 0.306 e. The molecular formula is C40H76O4. The van der Waals surface area contributed by atoms with Gasteiger partial charge in [0, 0.05) is 12.8 Å². The van der Waals surface area contributed by atoms with Gasteiger partial charge in [0.2, 0.25) is 0 Å². The quantitative estimate of drug-likeness (QED) is 0.0430. The van der Waals surface area contributed by atoms with Crippen LogP contribution in [0.25, 0.3) is 0 Å². The zero-order valence-corrected chi connectivity index (χ0v) is 29.7. The number of carboxylic acid groups (broad SMARTS) is 1. The Morgan fingerprint density at radius 3 is 1.25 bits per heavy atom. The summed E-state index contributed by atoms with van der Waals surface area (Å²) < 4.78 is 5.89. The van der Waals surface area contributed by atoms with Gasteiger partial charge in [-0.05, 0) is 64.2 Å². The van der Waals surface area contributed by atoms with Crippen molar-refractivity contribution in [2.45, 2.75) is 232 Å². The molecule has 260 valence electrons. The van der Waals surface area contributed by atoms with Gasteiger partial charge in [0.25, 0.3) is 0 Å². The van der Waals surface area contributed by atoms with Crippen LogP contribution in [0.5, 0.6) is 0 Å². The van der Waals surface area contributed by atoms with Gasteiger partial charge in [-0.15, -0.1) is 0 Å². The first kappa shape index (κ1) is 42.7. The first-order valence-corrected chi connectivity index (χ1v) is 19.7. The van der Waals surface area contributed by atoms with Crippen LogP contribution in [0, 0.1) is 0 Å². The predicted molar refractivity (Wildman–Crippen MR) is 190 cm³/mol. The fourth-order valence-electron chi connectivity index (χ4n) is 6.06. The lowest BCUT2D eigenvalue weighted by Crippen LogP contribution is -2.18. The number of hydrogen-bond acceptors (Lipinski definition) is 3. The van der Waals surface area contributed by atoms with E-state index in [0.29, 0.717) is 6.42 Å². The van der Waals surface area contributed by atoms with Crippen LogP contribution in [-0.4, -0.2) is 23.1 Å². The average molecular weight is 621 g/mol. The first-order valence-electron chi connectivity index (χ1n) is 19.7. The van der Waals surface area contributed by atoms with E-state index in [9.17, 15) is 9.59 Å². The lowest BCUT2D eigenvalue weighted by Gasteiger charge is -2.18. The molecule has 0 amide bonds. The molecule has 0 aliphatic carbocycles. The summed E-state index contributed by atoms with van der Waals surface area (Å²) in [6.45, 7) is 4.50. The molecule has 4 nitrogen and oxygen atoms in total. The maximum atomic E-state index is 12.5. The first-order chi connectivity index (χ1) is 21.6. The molecule has 4 heteroatoms. The van der Waals surface area contributed by atoms with E-state index in [1.165, 1.54) is 141 Å². The second-order valence-corrected chi connectivity index (χ2v) is 13.5. The average Bonchev–Trinajstić information content (AvgIpc) is 3.01.